The highest BCUT2D eigenvalue weighted by Gasteiger charge is 2.36. The van der Waals surface area contributed by atoms with Crippen LogP contribution in [0.25, 0.3) is 0 Å². The van der Waals surface area contributed by atoms with E-state index in [2.05, 4.69) is 24.9 Å². The Bertz CT molecular complexity index is 246. The summed E-state index contributed by atoms with van der Waals surface area (Å²) in [6.45, 7) is 6.16. The molecule has 0 aromatic rings. The van der Waals surface area contributed by atoms with Gasteiger partial charge < -0.3 is 5.32 Å². The number of piperidine rings is 1. The molecule has 0 amide bonds. The Labute approximate surface area is 113 Å². The van der Waals surface area contributed by atoms with Crippen LogP contribution in [-0.4, -0.2) is 12.1 Å². The van der Waals surface area contributed by atoms with Crippen molar-refractivity contribution in [2.45, 2.75) is 83.2 Å². The second-order valence-corrected chi connectivity index (χ2v) is 6.41. The van der Waals surface area contributed by atoms with Gasteiger partial charge in [-0.2, -0.15) is 0 Å². The number of allylic oxidation sites excluding steroid dienone is 1. The van der Waals surface area contributed by atoms with Gasteiger partial charge in [0.2, 0.25) is 0 Å². The van der Waals surface area contributed by atoms with E-state index in [1.165, 1.54) is 64.2 Å². The molecule has 4 unspecified atom stereocenters. The van der Waals surface area contributed by atoms with E-state index in [4.69, 9.17) is 0 Å². The van der Waals surface area contributed by atoms with Crippen molar-refractivity contribution in [3.8, 4) is 0 Å². The van der Waals surface area contributed by atoms with E-state index in [0.717, 1.165) is 23.9 Å². The normalized spacial score (nSPS) is 36.1. The largest absolute Gasteiger partial charge is 0.311 e. The van der Waals surface area contributed by atoms with Gasteiger partial charge in [0.05, 0.1) is 0 Å². The summed E-state index contributed by atoms with van der Waals surface area (Å²) in [5, 5.41) is 3.97. The van der Waals surface area contributed by atoms with E-state index in [1.807, 2.05) is 0 Å². The fraction of sp³-hybridized carbons (Fsp3) is 0.882. The van der Waals surface area contributed by atoms with Gasteiger partial charge in [-0.1, -0.05) is 38.7 Å². The monoisotopic (exact) mass is 249 g/mol. The molecule has 1 N–H and O–H groups in total. The first-order chi connectivity index (χ1) is 8.85. The van der Waals surface area contributed by atoms with Crippen molar-refractivity contribution in [2.24, 2.45) is 11.8 Å². The molecule has 18 heavy (non-hydrogen) atoms. The number of hydrogen-bond acceptors (Lipinski definition) is 1. The number of nitrogens with one attached hydrogen (secondary N) is 1. The van der Waals surface area contributed by atoms with Crippen molar-refractivity contribution in [2.75, 3.05) is 0 Å². The van der Waals surface area contributed by atoms with E-state index in [9.17, 15) is 0 Å². The lowest BCUT2D eigenvalue weighted by molar-refractivity contribution is 0.106. The average molecular weight is 249 g/mol. The molecule has 1 aliphatic heterocycles. The molecule has 1 aliphatic carbocycles. The first kappa shape index (κ1) is 14.1. The van der Waals surface area contributed by atoms with Crippen LogP contribution in [0.1, 0.15) is 71.1 Å². The van der Waals surface area contributed by atoms with Gasteiger partial charge in [-0.25, -0.2) is 0 Å². The summed E-state index contributed by atoms with van der Waals surface area (Å²) in [6, 6.07) is 1.64. The van der Waals surface area contributed by atoms with Crippen molar-refractivity contribution in [1.82, 2.24) is 5.32 Å². The highest BCUT2D eigenvalue weighted by Crippen LogP contribution is 2.39. The average Bonchev–Trinajstić information content (AvgIpc) is 2.39. The maximum Gasteiger partial charge on any atom is 0.0101 e. The summed E-state index contributed by atoms with van der Waals surface area (Å²) in [5.41, 5.74) is 0. The van der Waals surface area contributed by atoms with E-state index in [0.29, 0.717) is 0 Å². The molecule has 2 aliphatic rings. The quantitative estimate of drug-likeness (QED) is 0.532. The lowest BCUT2D eigenvalue weighted by atomic mass is 9.69. The molecular formula is C17H31N. The van der Waals surface area contributed by atoms with Crippen molar-refractivity contribution < 1.29 is 0 Å². The van der Waals surface area contributed by atoms with Crippen LogP contribution < -0.4 is 5.32 Å². The predicted molar refractivity (Wildman–Crippen MR) is 79.7 cm³/mol. The molecule has 0 radical (unpaired) electrons. The highest BCUT2D eigenvalue weighted by molar-refractivity contribution is 4.93. The minimum Gasteiger partial charge on any atom is -0.311 e. The summed E-state index contributed by atoms with van der Waals surface area (Å²) >= 11 is 0. The number of fused-ring (bicyclic) bond motifs is 1. The molecule has 1 heterocycles. The molecule has 0 bridgehead atoms. The Balaban J connectivity index is 1.80. The second-order valence-electron chi connectivity index (χ2n) is 6.41. The standard InChI is InChI=1S/C17H31N/c1-3-5-6-10-15-12-13-16-14(8-4-2)9-7-11-17(16)18-15/h3,14-18H,1,4-13H2,2H3. The van der Waals surface area contributed by atoms with Crippen LogP contribution in [0.15, 0.2) is 12.7 Å². The maximum absolute atomic E-state index is 3.97. The lowest BCUT2D eigenvalue weighted by Crippen LogP contribution is -2.51. The van der Waals surface area contributed by atoms with Crippen LogP contribution in [0, 0.1) is 11.8 Å². The SMILES string of the molecule is C=CCCCC1CCC2C(CCC)CCCC2N1. The summed E-state index contributed by atoms with van der Waals surface area (Å²) in [6.07, 6.45) is 16.0. The zero-order valence-corrected chi connectivity index (χ0v) is 12.2. The Kier molecular flexibility index (Phi) is 5.75. The number of unbranched alkanes of at least 4 members (excludes halogenated alkanes) is 1. The lowest BCUT2D eigenvalue weighted by Gasteiger charge is -2.45. The van der Waals surface area contributed by atoms with Crippen molar-refractivity contribution >= 4 is 0 Å². The molecule has 0 aromatic heterocycles. The zero-order valence-electron chi connectivity index (χ0n) is 12.2. The Morgan fingerprint density at radius 3 is 2.83 bits per heavy atom. The maximum atomic E-state index is 3.97. The van der Waals surface area contributed by atoms with Gasteiger partial charge in [-0.05, 0) is 50.4 Å². The van der Waals surface area contributed by atoms with Gasteiger partial charge in [-0.3, -0.25) is 0 Å². The molecule has 1 saturated heterocycles. The topological polar surface area (TPSA) is 12.0 Å². The molecule has 0 aromatic carbocycles. The van der Waals surface area contributed by atoms with E-state index < -0.39 is 0 Å². The summed E-state index contributed by atoms with van der Waals surface area (Å²) in [7, 11) is 0. The zero-order chi connectivity index (χ0) is 12.8. The molecule has 1 saturated carbocycles. The molecule has 0 spiro atoms. The molecule has 2 fully saturated rings. The van der Waals surface area contributed by atoms with Crippen molar-refractivity contribution in [3.05, 3.63) is 12.7 Å². The molecule has 2 rings (SSSR count). The number of hydrogen-bond donors (Lipinski definition) is 1. The molecular weight excluding hydrogens is 218 g/mol. The van der Waals surface area contributed by atoms with Crippen LogP contribution in [-0.2, 0) is 0 Å². The van der Waals surface area contributed by atoms with Gasteiger partial charge in [0.15, 0.2) is 0 Å². The summed E-state index contributed by atoms with van der Waals surface area (Å²) in [5.74, 6) is 2.02. The van der Waals surface area contributed by atoms with Crippen LogP contribution >= 0.6 is 0 Å². The second kappa shape index (κ2) is 7.33. The Hall–Kier alpha value is -0.300. The van der Waals surface area contributed by atoms with Gasteiger partial charge in [-0.15, -0.1) is 6.58 Å². The van der Waals surface area contributed by atoms with E-state index in [-0.39, 0.29) is 0 Å². The third kappa shape index (κ3) is 3.60. The predicted octanol–water partition coefficient (Wildman–Crippen LogP) is 4.68. The Morgan fingerprint density at radius 2 is 2.06 bits per heavy atom. The van der Waals surface area contributed by atoms with E-state index >= 15 is 0 Å². The van der Waals surface area contributed by atoms with Crippen LogP contribution in [0.5, 0.6) is 0 Å². The van der Waals surface area contributed by atoms with Crippen LogP contribution in [0.4, 0.5) is 0 Å². The van der Waals surface area contributed by atoms with E-state index in [1.54, 1.807) is 0 Å². The van der Waals surface area contributed by atoms with Gasteiger partial charge >= 0.3 is 0 Å². The molecule has 1 nitrogen and oxygen atoms in total. The fourth-order valence-corrected chi connectivity index (χ4v) is 4.25. The highest BCUT2D eigenvalue weighted by atomic mass is 15.0. The minimum atomic E-state index is 0.798. The third-order valence-electron chi connectivity index (χ3n) is 5.13. The minimum absolute atomic E-state index is 0.798. The van der Waals surface area contributed by atoms with Crippen LogP contribution in [0.3, 0.4) is 0 Å². The first-order valence-corrected chi connectivity index (χ1v) is 8.22. The fourth-order valence-electron chi connectivity index (χ4n) is 4.25. The Morgan fingerprint density at radius 1 is 1.17 bits per heavy atom. The van der Waals surface area contributed by atoms with Gasteiger partial charge in [0.25, 0.3) is 0 Å². The van der Waals surface area contributed by atoms with Crippen molar-refractivity contribution in [1.29, 1.82) is 0 Å². The summed E-state index contributed by atoms with van der Waals surface area (Å²) in [4.78, 5) is 0. The molecule has 1 heteroatoms. The summed E-state index contributed by atoms with van der Waals surface area (Å²) < 4.78 is 0. The first-order valence-electron chi connectivity index (χ1n) is 8.22. The van der Waals surface area contributed by atoms with Crippen LogP contribution in [0.2, 0.25) is 0 Å². The molecule has 104 valence electrons. The van der Waals surface area contributed by atoms with Crippen molar-refractivity contribution in [3.63, 3.8) is 0 Å². The molecule has 4 atom stereocenters. The number of rotatable bonds is 6. The third-order valence-corrected chi connectivity index (χ3v) is 5.13. The van der Waals surface area contributed by atoms with Gasteiger partial charge in [0.1, 0.15) is 0 Å². The smallest absolute Gasteiger partial charge is 0.0101 e. The van der Waals surface area contributed by atoms with Gasteiger partial charge in [0, 0.05) is 12.1 Å².